The number of rotatable bonds is 4. The lowest BCUT2D eigenvalue weighted by molar-refractivity contribution is -0.122. The van der Waals surface area contributed by atoms with E-state index in [4.69, 9.17) is 0 Å². The number of carbonyl (C=O) groups excluding carboxylic acids is 1. The number of sulfonamides is 1. The minimum absolute atomic E-state index is 0.150. The van der Waals surface area contributed by atoms with Gasteiger partial charge in [0.2, 0.25) is 5.91 Å². The first-order valence-electron chi connectivity index (χ1n) is 5.50. The second-order valence-electron chi connectivity index (χ2n) is 4.04. The molecule has 1 aromatic carbocycles. The zero-order valence-corrected chi connectivity index (χ0v) is 11.0. The van der Waals surface area contributed by atoms with Crippen LogP contribution >= 0.6 is 0 Å². The number of hydrogen-bond donors (Lipinski definition) is 1. The van der Waals surface area contributed by atoms with Crippen molar-refractivity contribution < 1.29 is 13.2 Å². The van der Waals surface area contributed by atoms with Gasteiger partial charge in [-0.3, -0.25) is 4.79 Å². The Balaban J connectivity index is 2.98. The van der Waals surface area contributed by atoms with E-state index in [1.54, 1.807) is 32.0 Å². The second kappa shape index (κ2) is 5.31. The Bertz CT molecular complexity index is 508. The van der Waals surface area contributed by atoms with Crippen LogP contribution in [0.3, 0.4) is 0 Å². The molecule has 5 heteroatoms. The third-order valence-corrected chi connectivity index (χ3v) is 4.19. The topological polar surface area (TPSA) is 63.2 Å². The van der Waals surface area contributed by atoms with Crippen LogP contribution in [0.25, 0.3) is 0 Å². The van der Waals surface area contributed by atoms with Crippen molar-refractivity contribution >= 4 is 15.9 Å². The summed E-state index contributed by atoms with van der Waals surface area (Å²) >= 11 is 0. The molecular weight excluding hydrogens is 238 g/mol. The summed E-state index contributed by atoms with van der Waals surface area (Å²) in [5, 5.41) is 0. The maximum absolute atomic E-state index is 12.0. The van der Waals surface area contributed by atoms with Crippen molar-refractivity contribution in [3.05, 3.63) is 29.8 Å². The van der Waals surface area contributed by atoms with Crippen molar-refractivity contribution in [2.75, 3.05) is 0 Å². The van der Waals surface area contributed by atoms with E-state index in [2.05, 4.69) is 4.72 Å². The molecule has 0 aromatic heterocycles. The van der Waals surface area contributed by atoms with Crippen LogP contribution in [0.2, 0.25) is 0 Å². The second-order valence-corrected chi connectivity index (χ2v) is 5.70. The van der Waals surface area contributed by atoms with Crippen LogP contribution in [0.15, 0.2) is 29.2 Å². The Labute approximate surface area is 102 Å². The molecule has 0 aliphatic heterocycles. The van der Waals surface area contributed by atoms with E-state index in [-0.39, 0.29) is 10.8 Å². The minimum atomic E-state index is -3.74. The number of amides is 1. The van der Waals surface area contributed by atoms with Crippen molar-refractivity contribution in [2.24, 2.45) is 5.92 Å². The number of aryl methyl sites for hydroxylation is 1. The molecule has 17 heavy (non-hydrogen) atoms. The summed E-state index contributed by atoms with van der Waals surface area (Å²) in [5.74, 6) is -0.774. The molecule has 1 amide bonds. The minimum Gasteiger partial charge on any atom is -0.274 e. The summed E-state index contributed by atoms with van der Waals surface area (Å²) in [5.41, 5.74) is 0.622. The van der Waals surface area contributed by atoms with Gasteiger partial charge in [-0.2, -0.15) is 0 Å². The molecule has 4 nitrogen and oxygen atoms in total. The number of nitrogens with one attached hydrogen (secondary N) is 1. The van der Waals surface area contributed by atoms with Gasteiger partial charge in [-0.15, -0.1) is 0 Å². The predicted molar refractivity (Wildman–Crippen MR) is 66.0 cm³/mol. The fourth-order valence-corrected chi connectivity index (χ4v) is 2.66. The Morgan fingerprint density at radius 2 is 1.94 bits per heavy atom. The summed E-state index contributed by atoms with van der Waals surface area (Å²) in [6.45, 7) is 5.23. The molecular formula is C12H17NO3S. The lowest BCUT2D eigenvalue weighted by Gasteiger charge is -2.12. The lowest BCUT2D eigenvalue weighted by Crippen LogP contribution is -2.34. The highest BCUT2D eigenvalue weighted by atomic mass is 32.2. The SMILES string of the molecule is CCC(C)C(=O)NS(=O)(=O)c1ccccc1C. The molecule has 0 aliphatic rings. The number of carbonyl (C=O) groups is 1. The van der Waals surface area contributed by atoms with Gasteiger partial charge in [0.05, 0.1) is 4.90 Å². The van der Waals surface area contributed by atoms with E-state index in [1.165, 1.54) is 6.07 Å². The Hall–Kier alpha value is -1.36. The van der Waals surface area contributed by atoms with Gasteiger partial charge in [0.15, 0.2) is 0 Å². The van der Waals surface area contributed by atoms with Crippen molar-refractivity contribution in [3.63, 3.8) is 0 Å². The molecule has 1 N–H and O–H groups in total. The van der Waals surface area contributed by atoms with Gasteiger partial charge in [0.1, 0.15) is 0 Å². The lowest BCUT2D eigenvalue weighted by atomic mass is 10.1. The average Bonchev–Trinajstić information content (AvgIpc) is 2.27. The first kappa shape index (κ1) is 13.7. The van der Waals surface area contributed by atoms with Crippen molar-refractivity contribution in [3.8, 4) is 0 Å². The maximum Gasteiger partial charge on any atom is 0.264 e. The van der Waals surface area contributed by atoms with Crippen LogP contribution in [0, 0.1) is 12.8 Å². The van der Waals surface area contributed by atoms with Crippen LogP contribution in [-0.4, -0.2) is 14.3 Å². The Kier molecular flexibility index (Phi) is 4.28. The molecule has 1 atom stereocenters. The summed E-state index contributed by atoms with van der Waals surface area (Å²) in [4.78, 5) is 11.7. The first-order chi connectivity index (χ1) is 7.88. The fourth-order valence-electron chi connectivity index (χ4n) is 1.33. The van der Waals surface area contributed by atoms with Crippen LogP contribution in [-0.2, 0) is 14.8 Å². The van der Waals surface area contributed by atoms with Crippen LogP contribution in [0.1, 0.15) is 25.8 Å². The van der Waals surface area contributed by atoms with E-state index in [1.807, 2.05) is 6.92 Å². The smallest absolute Gasteiger partial charge is 0.264 e. The highest BCUT2D eigenvalue weighted by molar-refractivity contribution is 7.90. The van der Waals surface area contributed by atoms with Gasteiger partial charge in [-0.05, 0) is 25.0 Å². The fraction of sp³-hybridized carbons (Fsp3) is 0.417. The largest absolute Gasteiger partial charge is 0.274 e. The Morgan fingerprint density at radius 1 is 1.35 bits per heavy atom. The molecule has 0 fully saturated rings. The van der Waals surface area contributed by atoms with E-state index in [9.17, 15) is 13.2 Å². The van der Waals surface area contributed by atoms with Crippen LogP contribution < -0.4 is 4.72 Å². The van der Waals surface area contributed by atoms with E-state index in [0.717, 1.165) is 0 Å². The summed E-state index contributed by atoms with van der Waals surface area (Å²) in [6, 6.07) is 6.57. The van der Waals surface area contributed by atoms with Gasteiger partial charge in [0.25, 0.3) is 10.0 Å². The molecule has 0 spiro atoms. The quantitative estimate of drug-likeness (QED) is 0.893. The molecule has 0 heterocycles. The van der Waals surface area contributed by atoms with Gasteiger partial charge in [-0.25, -0.2) is 13.1 Å². The normalized spacial score (nSPS) is 13.1. The van der Waals surface area contributed by atoms with E-state index in [0.29, 0.717) is 12.0 Å². The van der Waals surface area contributed by atoms with Gasteiger partial charge in [0, 0.05) is 5.92 Å². The average molecular weight is 255 g/mol. The first-order valence-corrected chi connectivity index (χ1v) is 6.99. The zero-order chi connectivity index (χ0) is 13.1. The molecule has 0 radical (unpaired) electrons. The van der Waals surface area contributed by atoms with Crippen LogP contribution in [0.5, 0.6) is 0 Å². The highest BCUT2D eigenvalue weighted by Gasteiger charge is 2.21. The van der Waals surface area contributed by atoms with Crippen molar-refractivity contribution in [1.29, 1.82) is 0 Å². The molecule has 0 bridgehead atoms. The van der Waals surface area contributed by atoms with Gasteiger partial charge < -0.3 is 0 Å². The molecule has 0 saturated carbocycles. The summed E-state index contributed by atoms with van der Waals surface area (Å²) in [6.07, 6.45) is 0.606. The zero-order valence-electron chi connectivity index (χ0n) is 10.2. The molecule has 0 aliphatic carbocycles. The molecule has 1 aromatic rings. The van der Waals surface area contributed by atoms with E-state index < -0.39 is 15.9 Å². The number of hydrogen-bond acceptors (Lipinski definition) is 3. The highest BCUT2D eigenvalue weighted by Crippen LogP contribution is 2.14. The monoisotopic (exact) mass is 255 g/mol. The molecule has 1 rings (SSSR count). The Morgan fingerprint density at radius 3 is 2.47 bits per heavy atom. The molecule has 94 valence electrons. The number of benzene rings is 1. The van der Waals surface area contributed by atoms with Gasteiger partial charge in [-0.1, -0.05) is 32.0 Å². The van der Waals surface area contributed by atoms with Crippen LogP contribution in [0.4, 0.5) is 0 Å². The van der Waals surface area contributed by atoms with E-state index >= 15 is 0 Å². The van der Waals surface area contributed by atoms with Gasteiger partial charge >= 0.3 is 0 Å². The maximum atomic E-state index is 12.0. The third kappa shape index (κ3) is 3.30. The molecule has 0 saturated heterocycles. The van der Waals surface area contributed by atoms with Crippen molar-refractivity contribution in [1.82, 2.24) is 4.72 Å². The third-order valence-electron chi connectivity index (χ3n) is 2.68. The summed E-state index contributed by atoms with van der Waals surface area (Å²) < 4.78 is 26.0. The summed E-state index contributed by atoms with van der Waals surface area (Å²) in [7, 11) is -3.74. The van der Waals surface area contributed by atoms with Crippen molar-refractivity contribution in [2.45, 2.75) is 32.1 Å². The standard InChI is InChI=1S/C12H17NO3S/c1-4-9(2)12(14)13-17(15,16)11-8-6-5-7-10(11)3/h5-9H,4H2,1-3H3,(H,13,14). The predicted octanol–water partition coefficient (Wildman–Crippen LogP) is 1.85. The molecule has 1 unspecified atom stereocenters.